The zero-order valence-corrected chi connectivity index (χ0v) is 14.0. The standard InChI is InChI=1S/C18H27N3O/c1-4-19-17(22)21-13-18(8-10-20(5-2)11-9-18)15-12-14(3)6-7-16(15)21/h6-7,12H,4-5,8-11,13H2,1-3H3,(H,19,22). The van der Waals surface area contributed by atoms with Crippen molar-refractivity contribution in [2.24, 2.45) is 0 Å². The van der Waals surface area contributed by atoms with Gasteiger partial charge in [-0.1, -0.05) is 24.6 Å². The Kier molecular flexibility index (Phi) is 4.13. The van der Waals surface area contributed by atoms with E-state index >= 15 is 0 Å². The number of hydrogen-bond acceptors (Lipinski definition) is 2. The van der Waals surface area contributed by atoms with Gasteiger partial charge < -0.3 is 10.2 Å². The van der Waals surface area contributed by atoms with E-state index in [0.29, 0.717) is 6.54 Å². The number of carbonyl (C=O) groups excluding carboxylic acids is 1. The summed E-state index contributed by atoms with van der Waals surface area (Å²) in [6.07, 6.45) is 2.29. The first kappa shape index (κ1) is 15.3. The van der Waals surface area contributed by atoms with Gasteiger partial charge in [-0.25, -0.2) is 4.79 Å². The summed E-state index contributed by atoms with van der Waals surface area (Å²) in [5.41, 5.74) is 3.93. The van der Waals surface area contributed by atoms with Crippen LogP contribution in [0.1, 0.15) is 37.8 Å². The van der Waals surface area contributed by atoms with Gasteiger partial charge in [0.05, 0.1) is 0 Å². The summed E-state index contributed by atoms with van der Waals surface area (Å²) in [7, 11) is 0. The lowest BCUT2D eigenvalue weighted by atomic mass is 9.74. The topological polar surface area (TPSA) is 35.6 Å². The van der Waals surface area contributed by atoms with Crippen molar-refractivity contribution >= 4 is 11.7 Å². The predicted molar refractivity (Wildman–Crippen MR) is 90.6 cm³/mol. The van der Waals surface area contributed by atoms with Gasteiger partial charge in [-0.15, -0.1) is 0 Å². The molecule has 4 nitrogen and oxygen atoms in total. The van der Waals surface area contributed by atoms with Gasteiger partial charge in [-0.2, -0.15) is 0 Å². The van der Waals surface area contributed by atoms with Crippen LogP contribution in [0.3, 0.4) is 0 Å². The number of nitrogens with zero attached hydrogens (tertiary/aromatic N) is 2. The van der Waals surface area contributed by atoms with Crippen LogP contribution in [-0.4, -0.2) is 43.7 Å². The van der Waals surface area contributed by atoms with Crippen LogP contribution < -0.4 is 10.2 Å². The van der Waals surface area contributed by atoms with E-state index in [0.717, 1.165) is 44.7 Å². The first-order valence-corrected chi connectivity index (χ1v) is 8.48. The van der Waals surface area contributed by atoms with Crippen molar-refractivity contribution in [2.45, 2.75) is 39.0 Å². The molecule has 1 saturated heterocycles. The van der Waals surface area contributed by atoms with Gasteiger partial charge in [0.1, 0.15) is 0 Å². The molecular formula is C18H27N3O. The molecule has 22 heavy (non-hydrogen) atoms. The lowest BCUT2D eigenvalue weighted by Gasteiger charge is -2.39. The molecule has 1 N–H and O–H groups in total. The Hall–Kier alpha value is -1.55. The van der Waals surface area contributed by atoms with Crippen LogP contribution in [-0.2, 0) is 5.41 Å². The van der Waals surface area contributed by atoms with Gasteiger partial charge in [0.2, 0.25) is 0 Å². The summed E-state index contributed by atoms with van der Waals surface area (Å²) in [6, 6.07) is 6.59. The van der Waals surface area contributed by atoms with Gasteiger partial charge >= 0.3 is 6.03 Å². The average molecular weight is 301 g/mol. The summed E-state index contributed by atoms with van der Waals surface area (Å²) in [5, 5.41) is 2.96. The molecule has 0 saturated carbocycles. The minimum absolute atomic E-state index is 0.0439. The number of aryl methyl sites for hydroxylation is 1. The lowest BCUT2D eigenvalue weighted by molar-refractivity contribution is 0.173. The number of likely N-dealkylation sites (tertiary alicyclic amines) is 1. The zero-order valence-electron chi connectivity index (χ0n) is 14.0. The number of anilines is 1. The molecule has 2 amide bonds. The maximum atomic E-state index is 12.4. The maximum Gasteiger partial charge on any atom is 0.321 e. The number of amides is 2. The zero-order chi connectivity index (χ0) is 15.7. The third-order valence-corrected chi connectivity index (χ3v) is 5.31. The second kappa shape index (κ2) is 5.92. The fourth-order valence-electron chi connectivity index (χ4n) is 3.94. The van der Waals surface area contributed by atoms with Crippen molar-refractivity contribution in [2.75, 3.05) is 37.6 Å². The number of piperidine rings is 1. The first-order chi connectivity index (χ1) is 10.6. The summed E-state index contributed by atoms with van der Waals surface area (Å²) in [4.78, 5) is 16.9. The summed E-state index contributed by atoms with van der Waals surface area (Å²) in [5.74, 6) is 0. The Morgan fingerprint density at radius 2 is 2.00 bits per heavy atom. The SMILES string of the molecule is CCNC(=O)N1CC2(CCN(CC)CC2)c2cc(C)ccc21. The molecule has 0 unspecified atom stereocenters. The monoisotopic (exact) mass is 301 g/mol. The quantitative estimate of drug-likeness (QED) is 0.911. The number of hydrogen-bond donors (Lipinski definition) is 1. The predicted octanol–water partition coefficient (Wildman–Crippen LogP) is 2.90. The Morgan fingerprint density at radius 3 is 2.64 bits per heavy atom. The Balaban J connectivity index is 1.94. The van der Waals surface area contributed by atoms with Crippen LogP contribution in [0, 0.1) is 6.92 Å². The highest BCUT2D eigenvalue weighted by Crippen LogP contribution is 2.47. The Labute approximate surface area is 133 Å². The van der Waals surface area contributed by atoms with Gasteiger partial charge in [-0.3, -0.25) is 4.90 Å². The van der Waals surface area contributed by atoms with E-state index in [-0.39, 0.29) is 11.4 Å². The number of fused-ring (bicyclic) bond motifs is 2. The third-order valence-electron chi connectivity index (χ3n) is 5.31. The molecule has 2 aliphatic rings. The molecule has 4 heteroatoms. The highest BCUT2D eigenvalue weighted by Gasteiger charge is 2.46. The maximum absolute atomic E-state index is 12.4. The summed E-state index contributed by atoms with van der Waals surface area (Å²) < 4.78 is 0. The van der Waals surface area contributed by atoms with Gasteiger partial charge in [0.25, 0.3) is 0 Å². The van der Waals surface area contributed by atoms with Crippen LogP contribution in [0.25, 0.3) is 0 Å². The fourth-order valence-corrected chi connectivity index (χ4v) is 3.94. The van der Waals surface area contributed by atoms with Crippen molar-refractivity contribution in [3.05, 3.63) is 29.3 Å². The lowest BCUT2D eigenvalue weighted by Crippen LogP contribution is -2.47. The van der Waals surface area contributed by atoms with Crippen molar-refractivity contribution in [1.29, 1.82) is 0 Å². The second-order valence-electron chi connectivity index (χ2n) is 6.66. The molecule has 2 aliphatic heterocycles. The van der Waals surface area contributed by atoms with Crippen molar-refractivity contribution in [3.63, 3.8) is 0 Å². The molecule has 1 fully saturated rings. The molecule has 1 spiro atoms. The molecule has 0 radical (unpaired) electrons. The first-order valence-electron chi connectivity index (χ1n) is 8.48. The highest BCUT2D eigenvalue weighted by molar-refractivity contribution is 5.95. The average Bonchev–Trinajstić information content (AvgIpc) is 2.83. The molecule has 0 bridgehead atoms. The van der Waals surface area contributed by atoms with E-state index in [4.69, 9.17) is 0 Å². The molecule has 1 aromatic carbocycles. The molecule has 1 aromatic rings. The molecule has 0 aliphatic carbocycles. The number of rotatable bonds is 2. The van der Waals surface area contributed by atoms with E-state index < -0.39 is 0 Å². The van der Waals surface area contributed by atoms with Crippen LogP contribution in [0.2, 0.25) is 0 Å². The molecular weight excluding hydrogens is 274 g/mol. The van der Waals surface area contributed by atoms with Crippen molar-refractivity contribution < 1.29 is 4.79 Å². The second-order valence-corrected chi connectivity index (χ2v) is 6.66. The van der Waals surface area contributed by atoms with Crippen LogP contribution in [0.4, 0.5) is 10.5 Å². The van der Waals surface area contributed by atoms with E-state index in [1.807, 2.05) is 11.8 Å². The van der Waals surface area contributed by atoms with Crippen LogP contribution in [0.15, 0.2) is 18.2 Å². The molecule has 2 heterocycles. The summed E-state index contributed by atoms with van der Waals surface area (Å²) >= 11 is 0. The van der Waals surface area contributed by atoms with Gasteiger partial charge in [0.15, 0.2) is 0 Å². The van der Waals surface area contributed by atoms with Crippen LogP contribution in [0.5, 0.6) is 0 Å². The van der Waals surface area contributed by atoms with E-state index in [1.54, 1.807) is 0 Å². The smallest absolute Gasteiger partial charge is 0.321 e. The number of carbonyl (C=O) groups is 1. The minimum atomic E-state index is 0.0439. The Bertz CT molecular complexity index is 561. The van der Waals surface area contributed by atoms with Crippen molar-refractivity contribution in [3.8, 4) is 0 Å². The van der Waals surface area contributed by atoms with Crippen molar-refractivity contribution in [1.82, 2.24) is 10.2 Å². The molecule has 0 atom stereocenters. The normalized spacial score (nSPS) is 20.2. The molecule has 3 rings (SSSR count). The number of urea groups is 1. The fraction of sp³-hybridized carbons (Fsp3) is 0.611. The summed E-state index contributed by atoms with van der Waals surface area (Å²) in [6.45, 7) is 11.2. The van der Waals surface area contributed by atoms with Crippen LogP contribution >= 0.6 is 0 Å². The van der Waals surface area contributed by atoms with E-state index in [1.165, 1.54) is 11.1 Å². The largest absolute Gasteiger partial charge is 0.338 e. The highest BCUT2D eigenvalue weighted by atomic mass is 16.2. The number of nitrogens with one attached hydrogen (secondary N) is 1. The van der Waals surface area contributed by atoms with E-state index in [9.17, 15) is 4.79 Å². The minimum Gasteiger partial charge on any atom is -0.338 e. The Morgan fingerprint density at radius 1 is 1.27 bits per heavy atom. The van der Waals surface area contributed by atoms with E-state index in [2.05, 4.69) is 42.3 Å². The van der Waals surface area contributed by atoms with Gasteiger partial charge in [0, 0.05) is 24.2 Å². The third kappa shape index (κ3) is 2.50. The number of benzene rings is 1. The molecule has 120 valence electrons. The van der Waals surface area contributed by atoms with Gasteiger partial charge in [-0.05, 0) is 58.0 Å². The molecule has 0 aromatic heterocycles.